The van der Waals surface area contributed by atoms with Gasteiger partial charge in [0.1, 0.15) is 0 Å². The molecule has 1 aromatic carbocycles. The van der Waals surface area contributed by atoms with Gasteiger partial charge >= 0.3 is 5.97 Å². The Balaban J connectivity index is 2.56. The summed E-state index contributed by atoms with van der Waals surface area (Å²) in [6.07, 6.45) is 1.47. The van der Waals surface area contributed by atoms with E-state index in [1.165, 1.54) is 6.07 Å². The highest BCUT2D eigenvalue weighted by Crippen LogP contribution is 2.46. The summed E-state index contributed by atoms with van der Waals surface area (Å²) in [6, 6.07) is 2.24. The van der Waals surface area contributed by atoms with Crippen LogP contribution in [0.15, 0.2) is 12.1 Å². The van der Waals surface area contributed by atoms with Crippen LogP contribution in [0.5, 0.6) is 5.75 Å². The third-order valence-corrected chi connectivity index (χ3v) is 3.39. The maximum atomic E-state index is 14.0. The van der Waals surface area contributed by atoms with Gasteiger partial charge in [0, 0.05) is 5.56 Å². The number of ether oxygens (including phenoxy) is 1. The van der Waals surface area contributed by atoms with E-state index in [2.05, 4.69) is 4.74 Å². The molecule has 1 fully saturated rings. The number of benzene rings is 1. The largest absolute Gasteiger partial charge is 0.491 e. The number of carbonyl (C=O) groups is 1. The molecular weight excluding hydrogens is 230 g/mol. The molecule has 0 unspecified atom stereocenters. The SMILES string of the molecule is COc1c(F)ccc(C2(C(=O)O)CCC2)c1F. The van der Waals surface area contributed by atoms with Gasteiger partial charge in [-0.1, -0.05) is 12.5 Å². The van der Waals surface area contributed by atoms with E-state index in [4.69, 9.17) is 0 Å². The van der Waals surface area contributed by atoms with Gasteiger partial charge in [-0.15, -0.1) is 0 Å². The van der Waals surface area contributed by atoms with Crippen LogP contribution >= 0.6 is 0 Å². The molecule has 0 aliphatic heterocycles. The fraction of sp³-hybridized carbons (Fsp3) is 0.417. The van der Waals surface area contributed by atoms with E-state index in [1.807, 2.05) is 0 Å². The number of hydrogen-bond donors (Lipinski definition) is 1. The van der Waals surface area contributed by atoms with Crippen molar-refractivity contribution in [3.8, 4) is 5.75 Å². The maximum absolute atomic E-state index is 14.0. The molecule has 0 spiro atoms. The van der Waals surface area contributed by atoms with Gasteiger partial charge in [0.2, 0.25) is 0 Å². The fourth-order valence-electron chi connectivity index (χ4n) is 2.22. The van der Waals surface area contributed by atoms with Crippen LogP contribution in [0, 0.1) is 11.6 Å². The molecule has 3 nitrogen and oxygen atoms in total. The molecule has 0 amide bonds. The topological polar surface area (TPSA) is 46.5 Å². The summed E-state index contributed by atoms with van der Waals surface area (Å²) >= 11 is 0. The number of aliphatic carboxylic acids is 1. The molecule has 5 heteroatoms. The maximum Gasteiger partial charge on any atom is 0.314 e. The second kappa shape index (κ2) is 3.98. The summed E-state index contributed by atoms with van der Waals surface area (Å²) in [7, 11) is 1.15. The quantitative estimate of drug-likeness (QED) is 0.885. The van der Waals surface area contributed by atoms with Gasteiger partial charge in [0.05, 0.1) is 12.5 Å². The van der Waals surface area contributed by atoms with Crippen LogP contribution in [0.3, 0.4) is 0 Å². The van der Waals surface area contributed by atoms with Crippen molar-refractivity contribution in [2.24, 2.45) is 0 Å². The number of methoxy groups -OCH3 is 1. The Kier molecular flexibility index (Phi) is 2.77. The van der Waals surface area contributed by atoms with Crippen molar-refractivity contribution < 1.29 is 23.4 Å². The van der Waals surface area contributed by atoms with Gasteiger partial charge in [-0.2, -0.15) is 0 Å². The van der Waals surface area contributed by atoms with Crippen LogP contribution < -0.4 is 4.74 Å². The van der Waals surface area contributed by atoms with Crippen LogP contribution in [0.4, 0.5) is 8.78 Å². The normalized spacial score (nSPS) is 17.4. The van der Waals surface area contributed by atoms with Crippen LogP contribution in [0.2, 0.25) is 0 Å². The van der Waals surface area contributed by atoms with Crippen LogP contribution in [0.1, 0.15) is 24.8 Å². The minimum absolute atomic E-state index is 0.00880. The van der Waals surface area contributed by atoms with Crippen molar-refractivity contribution in [2.45, 2.75) is 24.7 Å². The van der Waals surface area contributed by atoms with Crippen LogP contribution in [0.25, 0.3) is 0 Å². The fourth-order valence-corrected chi connectivity index (χ4v) is 2.22. The zero-order chi connectivity index (χ0) is 12.6. The molecule has 1 saturated carbocycles. The van der Waals surface area contributed by atoms with Crippen molar-refractivity contribution in [1.82, 2.24) is 0 Å². The van der Waals surface area contributed by atoms with Crippen molar-refractivity contribution >= 4 is 5.97 Å². The van der Waals surface area contributed by atoms with E-state index in [0.717, 1.165) is 19.6 Å². The second-order valence-electron chi connectivity index (χ2n) is 4.18. The molecule has 1 aliphatic carbocycles. The van der Waals surface area contributed by atoms with Crippen molar-refractivity contribution in [2.75, 3.05) is 7.11 Å². The van der Waals surface area contributed by atoms with Gasteiger partial charge in [-0.05, 0) is 18.9 Å². The average Bonchev–Trinajstić information content (AvgIpc) is 2.20. The first-order valence-electron chi connectivity index (χ1n) is 5.29. The highest BCUT2D eigenvalue weighted by Gasteiger charge is 2.48. The Morgan fingerprint density at radius 1 is 1.41 bits per heavy atom. The molecule has 1 N–H and O–H groups in total. The standard InChI is InChI=1S/C12H12F2O3/c1-17-10-8(13)4-3-7(9(10)14)12(11(15)16)5-2-6-12/h3-4H,2,5-6H2,1H3,(H,15,16). The molecule has 0 saturated heterocycles. The van der Waals surface area contributed by atoms with Crippen molar-refractivity contribution in [1.29, 1.82) is 0 Å². The molecule has 92 valence electrons. The zero-order valence-electron chi connectivity index (χ0n) is 9.30. The van der Waals surface area contributed by atoms with Crippen molar-refractivity contribution in [3.05, 3.63) is 29.3 Å². The van der Waals surface area contributed by atoms with Gasteiger partial charge in [-0.3, -0.25) is 4.79 Å². The molecule has 0 aromatic heterocycles. The van der Waals surface area contributed by atoms with E-state index >= 15 is 0 Å². The first-order valence-corrected chi connectivity index (χ1v) is 5.29. The Hall–Kier alpha value is -1.65. The highest BCUT2D eigenvalue weighted by molar-refractivity contribution is 5.82. The van der Waals surface area contributed by atoms with Gasteiger partial charge in [-0.25, -0.2) is 8.78 Å². The summed E-state index contributed by atoms with van der Waals surface area (Å²) in [4.78, 5) is 11.2. The lowest BCUT2D eigenvalue weighted by molar-refractivity contribution is -0.147. The molecule has 0 radical (unpaired) electrons. The van der Waals surface area contributed by atoms with Crippen LogP contribution in [-0.2, 0) is 10.2 Å². The van der Waals surface area contributed by atoms with Crippen molar-refractivity contribution in [3.63, 3.8) is 0 Å². The Morgan fingerprint density at radius 3 is 2.47 bits per heavy atom. The summed E-state index contributed by atoms with van der Waals surface area (Å²) in [5.74, 6) is -3.32. The molecule has 0 bridgehead atoms. The van der Waals surface area contributed by atoms with Crippen LogP contribution in [-0.4, -0.2) is 18.2 Å². The number of carboxylic acids is 1. The average molecular weight is 242 g/mol. The number of carboxylic acid groups (broad SMARTS) is 1. The minimum atomic E-state index is -1.22. The monoisotopic (exact) mass is 242 g/mol. The summed E-state index contributed by atoms with van der Waals surface area (Å²) in [5.41, 5.74) is -1.21. The lowest BCUT2D eigenvalue weighted by Gasteiger charge is -2.38. The molecule has 2 rings (SSSR count). The Morgan fingerprint density at radius 2 is 2.06 bits per heavy atom. The number of halogens is 2. The molecule has 1 aliphatic rings. The third-order valence-electron chi connectivity index (χ3n) is 3.39. The lowest BCUT2D eigenvalue weighted by atomic mass is 9.64. The summed E-state index contributed by atoms with van der Waals surface area (Å²) in [5, 5.41) is 9.19. The van der Waals surface area contributed by atoms with E-state index < -0.39 is 28.8 Å². The summed E-state index contributed by atoms with van der Waals surface area (Å²) in [6.45, 7) is 0. The number of hydrogen-bond acceptors (Lipinski definition) is 2. The molecular formula is C12H12F2O3. The predicted octanol–water partition coefficient (Wildman–Crippen LogP) is 2.48. The summed E-state index contributed by atoms with van der Waals surface area (Å²) < 4.78 is 31.8. The first kappa shape index (κ1) is 11.8. The minimum Gasteiger partial charge on any atom is -0.491 e. The van der Waals surface area contributed by atoms with E-state index in [-0.39, 0.29) is 5.56 Å². The smallest absolute Gasteiger partial charge is 0.314 e. The Labute approximate surface area is 97.0 Å². The van der Waals surface area contributed by atoms with Gasteiger partial charge < -0.3 is 9.84 Å². The van der Waals surface area contributed by atoms with E-state index in [0.29, 0.717) is 12.8 Å². The third kappa shape index (κ3) is 1.57. The van der Waals surface area contributed by atoms with E-state index in [9.17, 15) is 18.7 Å². The molecule has 1 aromatic rings. The Bertz CT molecular complexity index is 467. The zero-order valence-corrected chi connectivity index (χ0v) is 9.30. The molecule has 0 heterocycles. The predicted molar refractivity (Wildman–Crippen MR) is 56.1 cm³/mol. The molecule has 17 heavy (non-hydrogen) atoms. The second-order valence-corrected chi connectivity index (χ2v) is 4.18. The van der Waals surface area contributed by atoms with E-state index in [1.54, 1.807) is 0 Å². The molecule has 0 atom stereocenters. The lowest BCUT2D eigenvalue weighted by Crippen LogP contribution is -2.43. The number of rotatable bonds is 3. The van der Waals surface area contributed by atoms with Gasteiger partial charge in [0.15, 0.2) is 17.4 Å². The van der Waals surface area contributed by atoms with Gasteiger partial charge in [0.25, 0.3) is 0 Å². The first-order chi connectivity index (χ1) is 8.03. The highest BCUT2D eigenvalue weighted by atomic mass is 19.1.